The number of nitrogens with one attached hydrogen (secondary N) is 1. The van der Waals surface area contributed by atoms with Crippen LogP contribution in [0.3, 0.4) is 0 Å². The summed E-state index contributed by atoms with van der Waals surface area (Å²) in [5.74, 6) is -0.138. The molecule has 1 heterocycles. The molecule has 1 aromatic heterocycles. The lowest BCUT2D eigenvalue weighted by Gasteiger charge is -2.04. The van der Waals surface area contributed by atoms with Gasteiger partial charge in [0.25, 0.3) is 0 Å². The lowest BCUT2D eigenvalue weighted by molar-refractivity contribution is -0.122. The largest absolute Gasteiger partial charge is 0.395 e. The standard InChI is InChI=1S/C8H13N3O2/c1-7-2-3-10-11(7)6-8(13)9-4-5-12/h2-3,12H,4-6H2,1H3,(H,9,13). The Balaban J connectivity index is 2.41. The molecule has 0 bridgehead atoms. The predicted octanol–water partition coefficient (Wildman–Crippen LogP) is -0.700. The monoisotopic (exact) mass is 183 g/mol. The van der Waals surface area contributed by atoms with Crippen molar-refractivity contribution in [3.8, 4) is 0 Å². The molecule has 0 unspecified atom stereocenters. The van der Waals surface area contributed by atoms with Gasteiger partial charge in [0.15, 0.2) is 0 Å². The van der Waals surface area contributed by atoms with Crippen LogP contribution < -0.4 is 5.32 Å². The molecule has 0 aliphatic rings. The number of carbonyl (C=O) groups excluding carboxylic acids is 1. The van der Waals surface area contributed by atoms with E-state index in [-0.39, 0.29) is 19.1 Å². The smallest absolute Gasteiger partial charge is 0.241 e. The molecule has 0 saturated carbocycles. The summed E-state index contributed by atoms with van der Waals surface area (Å²) in [4.78, 5) is 11.1. The number of carbonyl (C=O) groups is 1. The minimum Gasteiger partial charge on any atom is -0.395 e. The molecular weight excluding hydrogens is 170 g/mol. The van der Waals surface area contributed by atoms with E-state index in [9.17, 15) is 4.79 Å². The molecule has 5 heteroatoms. The Kier molecular flexibility index (Phi) is 3.45. The fourth-order valence-electron chi connectivity index (χ4n) is 0.952. The molecule has 0 fully saturated rings. The Bertz CT molecular complexity index is 283. The summed E-state index contributed by atoms with van der Waals surface area (Å²) < 4.78 is 1.60. The van der Waals surface area contributed by atoms with Crippen molar-refractivity contribution < 1.29 is 9.90 Å². The number of aliphatic hydroxyl groups excluding tert-OH is 1. The maximum Gasteiger partial charge on any atom is 0.241 e. The predicted molar refractivity (Wildman–Crippen MR) is 47.1 cm³/mol. The number of nitrogens with zero attached hydrogens (tertiary/aromatic N) is 2. The van der Waals surface area contributed by atoms with E-state index in [1.54, 1.807) is 10.9 Å². The first-order valence-electron chi connectivity index (χ1n) is 4.10. The second-order valence-electron chi connectivity index (χ2n) is 2.70. The van der Waals surface area contributed by atoms with Gasteiger partial charge >= 0.3 is 0 Å². The number of rotatable bonds is 4. The summed E-state index contributed by atoms with van der Waals surface area (Å²) in [5.41, 5.74) is 0.944. The first-order valence-corrected chi connectivity index (χ1v) is 4.10. The molecule has 72 valence electrons. The molecule has 5 nitrogen and oxygen atoms in total. The fourth-order valence-corrected chi connectivity index (χ4v) is 0.952. The quantitative estimate of drug-likeness (QED) is 0.648. The van der Waals surface area contributed by atoms with Gasteiger partial charge in [-0.05, 0) is 13.0 Å². The third kappa shape index (κ3) is 2.87. The van der Waals surface area contributed by atoms with Gasteiger partial charge in [-0.2, -0.15) is 5.10 Å². The maximum absolute atomic E-state index is 11.1. The lowest BCUT2D eigenvalue weighted by atomic mass is 10.4. The molecule has 0 radical (unpaired) electrons. The average Bonchev–Trinajstić information content (AvgIpc) is 2.48. The van der Waals surface area contributed by atoms with Crippen LogP contribution in [0.5, 0.6) is 0 Å². The average molecular weight is 183 g/mol. The van der Waals surface area contributed by atoms with Crippen LogP contribution >= 0.6 is 0 Å². The van der Waals surface area contributed by atoms with Crippen molar-refractivity contribution >= 4 is 5.91 Å². The third-order valence-corrected chi connectivity index (χ3v) is 1.66. The highest BCUT2D eigenvalue weighted by molar-refractivity contribution is 5.75. The highest BCUT2D eigenvalue weighted by Crippen LogP contribution is 1.94. The SMILES string of the molecule is Cc1ccnn1CC(=O)NCCO. The van der Waals surface area contributed by atoms with E-state index in [0.29, 0.717) is 6.54 Å². The summed E-state index contributed by atoms with van der Waals surface area (Å²) in [6, 6.07) is 1.83. The van der Waals surface area contributed by atoms with Gasteiger partial charge in [0.05, 0.1) is 6.61 Å². The van der Waals surface area contributed by atoms with Crippen molar-refractivity contribution in [3.05, 3.63) is 18.0 Å². The molecule has 0 saturated heterocycles. The van der Waals surface area contributed by atoms with Gasteiger partial charge in [-0.25, -0.2) is 0 Å². The van der Waals surface area contributed by atoms with Crippen molar-refractivity contribution in [2.45, 2.75) is 13.5 Å². The lowest BCUT2D eigenvalue weighted by Crippen LogP contribution is -2.30. The minimum absolute atomic E-state index is 0.0379. The van der Waals surface area contributed by atoms with Gasteiger partial charge in [-0.15, -0.1) is 0 Å². The van der Waals surface area contributed by atoms with Crippen molar-refractivity contribution in [2.24, 2.45) is 0 Å². The summed E-state index contributed by atoms with van der Waals surface area (Å²) in [6.45, 7) is 2.34. The summed E-state index contributed by atoms with van der Waals surface area (Å²) in [5, 5.41) is 15.0. The van der Waals surface area contributed by atoms with Gasteiger partial charge in [0.2, 0.25) is 5.91 Å². The van der Waals surface area contributed by atoms with E-state index >= 15 is 0 Å². The number of aromatic nitrogens is 2. The summed E-state index contributed by atoms with van der Waals surface area (Å²) in [6.07, 6.45) is 1.65. The van der Waals surface area contributed by atoms with Crippen molar-refractivity contribution in [2.75, 3.05) is 13.2 Å². The Hall–Kier alpha value is -1.36. The first kappa shape index (κ1) is 9.73. The number of aliphatic hydroxyl groups is 1. The zero-order valence-corrected chi connectivity index (χ0v) is 7.53. The number of hydrogen-bond acceptors (Lipinski definition) is 3. The first-order chi connectivity index (χ1) is 6.24. The van der Waals surface area contributed by atoms with E-state index < -0.39 is 0 Å². The van der Waals surface area contributed by atoms with Crippen molar-refractivity contribution in [1.29, 1.82) is 0 Å². The second kappa shape index (κ2) is 4.61. The molecule has 13 heavy (non-hydrogen) atoms. The van der Waals surface area contributed by atoms with Crippen LogP contribution in [0.1, 0.15) is 5.69 Å². The third-order valence-electron chi connectivity index (χ3n) is 1.66. The Morgan fingerprint density at radius 1 is 1.77 bits per heavy atom. The van der Waals surface area contributed by atoms with E-state index in [2.05, 4.69) is 10.4 Å². The van der Waals surface area contributed by atoms with Crippen LogP contribution in [0, 0.1) is 6.92 Å². The van der Waals surface area contributed by atoms with Gasteiger partial charge in [-0.1, -0.05) is 0 Å². The number of hydrogen-bond donors (Lipinski definition) is 2. The maximum atomic E-state index is 11.1. The van der Waals surface area contributed by atoms with Crippen LogP contribution in [0.4, 0.5) is 0 Å². The van der Waals surface area contributed by atoms with Gasteiger partial charge in [0, 0.05) is 18.4 Å². The van der Waals surface area contributed by atoms with Gasteiger partial charge in [-0.3, -0.25) is 9.48 Å². The van der Waals surface area contributed by atoms with Crippen molar-refractivity contribution in [3.63, 3.8) is 0 Å². The van der Waals surface area contributed by atoms with Crippen LogP contribution in [-0.2, 0) is 11.3 Å². The summed E-state index contributed by atoms with van der Waals surface area (Å²) >= 11 is 0. The number of aryl methyl sites for hydroxylation is 1. The fraction of sp³-hybridized carbons (Fsp3) is 0.500. The van der Waals surface area contributed by atoms with Gasteiger partial charge in [0.1, 0.15) is 6.54 Å². The Morgan fingerprint density at radius 3 is 3.08 bits per heavy atom. The highest BCUT2D eigenvalue weighted by Gasteiger charge is 2.03. The number of amides is 1. The molecule has 0 atom stereocenters. The molecule has 1 rings (SSSR count). The van der Waals surface area contributed by atoms with Crippen LogP contribution in [0.25, 0.3) is 0 Å². The van der Waals surface area contributed by atoms with Crippen LogP contribution in [0.2, 0.25) is 0 Å². The molecule has 0 aliphatic carbocycles. The minimum atomic E-state index is -0.138. The zero-order valence-electron chi connectivity index (χ0n) is 7.53. The molecule has 0 aliphatic heterocycles. The molecular formula is C8H13N3O2. The second-order valence-corrected chi connectivity index (χ2v) is 2.70. The van der Waals surface area contributed by atoms with Crippen LogP contribution in [-0.4, -0.2) is 33.9 Å². The topological polar surface area (TPSA) is 67.2 Å². The molecule has 2 N–H and O–H groups in total. The summed E-state index contributed by atoms with van der Waals surface area (Å²) in [7, 11) is 0. The van der Waals surface area contributed by atoms with E-state index in [1.165, 1.54) is 0 Å². The van der Waals surface area contributed by atoms with E-state index in [1.807, 2.05) is 13.0 Å². The Morgan fingerprint density at radius 2 is 2.54 bits per heavy atom. The van der Waals surface area contributed by atoms with Gasteiger partial charge < -0.3 is 10.4 Å². The van der Waals surface area contributed by atoms with Crippen LogP contribution in [0.15, 0.2) is 12.3 Å². The normalized spacial score (nSPS) is 10.0. The molecule has 1 aromatic rings. The zero-order chi connectivity index (χ0) is 9.68. The van der Waals surface area contributed by atoms with E-state index in [4.69, 9.17) is 5.11 Å². The molecule has 1 amide bonds. The molecule has 0 spiro atoms. The highest BCUT2D eigenvalue weighted by atomic mass is 16.3. The Labute approximate surface area is 76.4 Å². The molecule has 0 aromatic carbocycles. The van der Waals surface area contributed by atoms with Crippen molar-refractivity contribution in [1.82, 2.24) is 15.1 Å². The van der Waals surface area contributed by atoms with E-state index in [0.717, 1.165) is 5.69 Å².